The van der Waals surface area contributed by atoms with Crippen molar-refractivity contribution in [3.8, 4) is 11.5 Å². The smallest absolute Gasteiger partial charge is 0.175 e. The molecule has 1 aromatic carbocycles. The summed E-state index contributed by atoms with van der Waals surface area (Å²) in [6.45, 7) is 1.98. The molecule has 1 fully saturated rings. The molecule has 104 valence electrons. The van der Waals surface area contributed by atoms with Crippen molar-refractivity contribution < 1.29 is 14.2 Å². The summed E-state index contributed by atoms with van der Waals surface area (Å²) in [5.74, 6) is 2.56. The lowest BCUT2D eigenvalue weighted by Crippen LogP contribution is -2.24. The van der Waals surface area contributed by atoms with Crippen molar-refractivity contribution in [3.63, 3.8) is 0 Å². The van der Waals surface area contributed by atoms with E-state index in [1.165, 1.54) is 0 Å². The minimum atomic E-state index is 0.0541. The van der Waals surface area contributed by atoms with E-state index >= 15 is 0 Å². The van der Waals surface area contributed by atoms with Crippen LogP contribution < -0.4 is 9.47 Å². The van der Waals surface area contributed by atoms with E-state index in [9.17, 15) is 0 Å². The molecule has 2 unspecified atom stereocenters. The maximum absolute atomic E-state index is 6.06. The minimum absolute atomic E-state index is 0.0541. The van der Waals surface area contributed by atoms with Gasteiger partial charge in [-0.2, -0.15) is 0 Å². The van der Waals surface area contributed by atoms with Crippen molar-refractivity contribution in [1.29, 1.82) is 0 Å². The standard InChI is InChI=1S/C14H16BrClO3/c15-11-6-10(7-12-14(11)19-5-4-17-12)13-9(8-16)2-1-3-18-13/h6-7,9,13H,1-5,8H2. The Hall–Kier alpha value is -0.450. The molecular formula is C14H16BrClO3. The highest BCUT2D eigenvalue weighted by atomic mass is 79.9. The summed E-state index contributed by atoms with van der Waals surface area (Å²) in [6, 6.07) is 4.08. The van der Waals surface area contributed by atoms with Gasteiger partial charge in [0.25, 0.3) is 0 Å². The van der Waals surface area contributed by atoms with Crippen LogP contribution >= 0.6 is 27.5 Å². The summed E-state index contributed by atoms with van der Waals surface area (Å²) in [4.78, 5) is 0. The molecule has 3 nitrogen and oxygen atoms in total. The van der Waals surface area contributed by atoms with Gasteiger partial charge < -0.3 is 14.2 Å². The minimum Gasteiger partial charge on any atom is -0.486 e. The summed E-state index contributed by atoms with van der Waals surface area (Å²) in [5, 5.41) is 0. The fraction of sp³-hybridized carbons (Fsp3) is 0.571. The number of alkyl halides is 1. The van der Waals surface area contributed by atoms with E-state index in [0.717, 1.165) is 41.0 Å². The van der Waals surface area contributed by atoms with Crippen LogP contribution in [0.1, 0.15) is 24.5 Å². The zero-order chi connectivity index (χ0) is 13.2. The van der Waals surface area contributed by atoms with Crippen LogP contribution in [0.4, 0.5) is 0 Å². The van der Waals surface area contributed by atoms with Crippen LogP contribution in [0, 0.1) is 5.92 Å². The molecule has 0 N–H and O–H groups in total. The molecule has 0 spiro atoms. The zero-order valence-electron chi connectivity index (χ0n) is 10.5. The summed E-state index contributed by atoms with van der Waals surface area (Å²) in [6.07, 6.45) is 2.25. The van der Waals surface area contributed by atoms with Gasteiger partial charge in [-0.25, -0.2) is 0 Å². The Morgan fingerprint density at radius 1 is 1.21 bits per heavy atom. The summed E-state index contributed by atoms with van der Waals surface area (Å²) in [5.41, 5.74) is 1.11. The molecule has 0 saturated carbocycles. The molecule has 0 bridgehead atoms. The Kier molecular flexibility index (Phi) is 4.20. The lowest BCUT2D eigenvalue weighted by molar-refractivity contribution is -0.0210. The first-order valence-electron chi connectivity index (χ1n) is 6.56. The number of hydrogen-bond acceptors (Lipinski definition) is 3. The van der Waals surface area contributed by atoms with Gasteiger partial charge >= 0.3 is 0 Å². The average Bonchev–Trinajstić information content (AvgIpc) is 2.47. The quantitative estimate of drug-likeness (QED) is 0.759. The Bertz CT molecular complexity index is 466. The van der Waals surface area contributed by atoms with E-state index in [1.807, 2.05) is 6.07 Å². The fourth-order valence-electron chi connectivity index (χ4n) is 2.66. The molecule has 0 radical (unpaired) electrons. The number of benzene rings is 1. The molecule has 3 rings (SSSR count). The highest BCUT2D eigenvalue weighted by molar-refractivity contribution is 9.10. The van der Waals surface area contributed by atoms with Gasteiger partial charge in [-0.3, -0.25) is 0 Å². The molecule has 2 aliphatic heterocycles. The second-order valence-electron chi connectivity index (χ2n) is 4.87. The first kappa shape index (κ1) is 13.5. The van der Waals surface area contributed by atoms with Gasteiger partial charge in [0.05, 0.1) is 10.6 Å². The number of hydrogen-bond donors (Lipinski definition) is 0. The van der Waals surface area contributed by atoms with E-state index in [-0.39, 0.29) is 6.10 Å². The third kappa shape index (κ3) is 2.71. The normalized spacial score (nSPS) is 26.2. The van der Waals surface area contributed by atoms with Gasteiger partial charge in [0.1, 0.15) is 13.2 Å². The van der Waals surface area contributed by atoms with E-state index < -0.39 is 0 Å². The maximum atomic E-state index is 6.06. The van der Waals surface area contributed by atoms with Crippen molar-refractivity contribution in [2.75, 3.05) is 25.7 Å². The van der Waals surface area contributed by atoms with Crippen LogP contribution in [-0.2, 0) is 4.74 Å². The summed E-state index contributed by atoms with van der Waals surface area (Å²) >= 11 is 9.61. The third-order valence-electron chi connectivity index (χ3n) is 3.59. The highest BCUT2D eigenvalue weighted by Gasteiger charge is 2.29. The molecule has 0 amide bonds. The van der Waals surface area contributed by atoms with Crippen LogP contribution in [0.3, 0.4) is 0 Å². The monoisotopic (exact) mass is 346 g/mol. The maximum Gasteiger partial charge on any atom is 0.175 e. The van der Waals surface area contributed by atoms with Crippen LogP contribution in [0.15, 0.2) is 16.6 Å². The molecular weight excluding hydrogens is 332 g/mol. The lowest BCUT2D eigenvalue weighted by atomic mass is 9.91. The van der Waals surface area contributed by atoms with Crippen molar-refractivity contribution in [2.45, 2.75) is 18.9 Å². The number of fused-ring (bicyclic) bond motifs is 1. The molecule has 0 aromatic heterocycles. The third-order valence-corrected chi connectivity index (χ3v) is 4.58. The molecule has 1 aromatic rings. The van der Waals surface area contributed by atoms with E-state index in [0.29, 0.717) is 25.0 Å². The SMILES string of the molecule is ClCC1CCCOC1c1cc(Br)c2c(c1)OCCO2. The Morgan fingerprint density at radius 3 is 2.89 bits per heavy atom. The van der Waals surface area contributed by atoms with Crippen molar-refractivity contribution >= 4 is 27.5 Å². The van der Waals surface area contributed by atoms with Gasteiger partial charge in [-0.05, 0) is 46.5 Å². The largest absolute Gasteiger partial charge is 0.486 e. The first-order valence-corrected chi connectivity index (χ1v) is 7.89. The van der Waals surface area contributed by atoms with Crippen LogP contribution in [-0.4, -0.2) is 25.7 Å². The first-order chi connectivity index (χ1) is 9.29. The molecule has 1 saturated heterocycles. The van der Waals surface area contributed by atoms with Gasteiger partial charge in [0, 0.05) is 18.4 Å². The zero-order valence-corrected chi connectivity index (χ0v) is 12.9. The van der Waals surface area contributed by atoms with Gasteiger partial charge in [0.2, 0.25) is 0 Å². The van der Waals surface area contributed by atoms with Crippen molar-refractivity contribution in [1.82, 2.24) is 0 Å². The average molecular weight is 348 g/mol. The van der Waals surface area contributed by atoms with Crippen LogP contribution in [0.25, 0.3) is 0 Å². The topological polar surface area (TPSA) is 27.7 Å². The Balaban J connectivity index is 1.93. The van der Waals surface area contributed by atoms with Crippen molar-refractivity contribution in [3.05, 3.63) is 22.2 Å². The van der Waals surface area contributed by atoms with Gasteiger partial charge in [-0.1, -0.05) is 0 Å². The number of ether oxygens (including phenoxy) is 3. The molecule has 2 heterocycles. The predicted molar refractivity (Wildman–Crippen MR) is 77.3 cm³/mol. The predicted octanol–water partition coefficient (Wildman–Crippen LogP) is 3.93. The summed E-state index contributed by atoms with van der Waals surface area (Å²) < 4.78 is 18.1. The molecule has 19 heavy (non-hydrogen) atoms. The van der Waals surface area contributed by atoms with Crippen LogP contribution in [0.5, 0.6) is 11.5 Å². The van der Waals surface area contributed by atoms with E-state index in [4.69, 9.17) is 25.8 Å². The second-order valence-corrected chi connectivity index (χ2v) is 6.04. The Morgan fingerprint density at radius 2 is 2.05 bits per heavy atom. The fourth-order valence-corrected chi connectivity index (χ4v) is 3.56. The number of rotatable bonds is 2. The summed E-state index contributed by atoms with van der Waals surface area (Å²) in [7, 11) is 0. The Labute approximate surface area is 126 Å². The molecule has 2 aliphatic rings. The van der Waals surface area contributed by atoms with Crippen molar-refractivity contribution in [2.24, 2.45) is 5.92 Å². The molecule has 2 atom stereocenters. The lowest BCUT2D eigenvalue weighted by Gasteiger charge is -2.31. The number of halogens is 2. The van der Waals surface area contributed by atoms with Gasteiger partial charge in [0.15, 0.2) is 11.5 Å². The van der Waals surface area contributed by atoms with E-state index in [1.54, 1.807) is 0 Å². The molecule has 5 heteroatoms. The van der Waals surface area contributed by atoms with Crippen LogP contribution in [0.2, 0.25) is 0 Å². The molecule has 0 aliphatic carbocycles. The highest BCUT2D eigenvalue weighted by Crippen LogP contribution is 2.43. The van der Waals surface area contributed by atoms with Gasteiger partial charge in [-0.15, -0.1) is 11.6 Å². The van der Waals surface area contributed by atoms with E-state index in [2.05, 4.69) is 22.0 Å². The second kappa shape index (κ2) is 5.90.